The van der Waals surface area contributed by atoms with Gasteiger partial charge < -0.3 is 5.11 Å². The zero-order valence-electron chi connectivity index (χ0n) is 15.7. The zero-order valence-corrected chi connectivity index (χ0v) is 17.3. The van der Waals surface area contributed by atoms with Crippen molar-refractivity contribution in [2.75, 3.05) is 18.1 Å². The van der Waals surface area contributed by atoms with Crippen LogP contribution in [0.1, 0.15) is 110 Å². The molecule has 23 heavy (non-hydrogen) atoms. The predicted octanol–water partition coefficient (Wildman–Crippen LogP) is 7.62. The smallest absolute Gasteiger partial charge is 0.0431 e. The highest BCUT2D eigenvalue weighted by molar-refractivity contribution is 8.76. The van der Waals surface area contributed by atoms with Crippen molar-refractivity contribution in [1.82, 2.24) is 0 Å². The molecule has 0 radical (unpaired) electrons. The topological polar surface area (TPSA) is 20.2 Å². The van der Waals surface area contributed by atoms with E-state index in [1.165, 1.54) is 108 Å². The van der Waals surface area contributed by atoms with Crippen molar-refractivity contribution in [1.29, 1.82) is 0 Å². The van der Waals surface area contributed by atoms with Gasteiger partial charge in [-0.25, -0.2) is 0 Å². The molecule has 1 N–H and O–H groups in total. The average molecular weight is 363 g/mol. The minimum absolute atomic E-state index is 0.370. The lowest BCUT2D eigenvalue weighted by molar-refractivity contribution is 0.282. The molecule has 140 valence electrons. The molecule has 0 amide bonds. The fourth-order valence-electron chi connectivity index (χ4n) is 2.75. The van der Waals surface area contributed by atoms with Crippen molar-refractivity contribution in [3.63, 3.8) is 0 Å². The molecule has 0 unspecified atom stereocenters. The normalized spacial score (nSPS) is 11.2. The van der Waals surface area contributed by atoms with E-state index < -0.39 is 0 Å². The number of aliphatic hydroxyl groups is 1. The summed E-state index contributed by atoms with van der Waals surface area (Å²) in [5.41, 5.74) is 0. The molecule has 3 heteroatoms. The lowest BCUT2D eigenvalue weighted by atomic mass is 10.1. The number of hydrogen-bond acceptors (Lipinski definition) is 3. The Morgan fingerprint density at radius 2 is 0.826 bits per heavy atom. The Hall–Kier alpha value is 0.660. The maximum atomic E-state index is 8.71. The van der Waals surface area contributed by atoms with E-state index in [4.69, 9.17) is 5.11 Å². The first kappa shape index (κ1) is 23.7. The molecule has 0 heterocycles. The third-order valence-electron chi connectivity index (χ3n) is 4.30. The molecule has 1 nitrogen and oxygen atoms in total. The summed E-state index contributed by atoms with van der Waals surface area (Å²) in [5.74, 6) is 2.70. The van der Waals surface area contributed by atoms with Gasteiger partial charge in [-0.2, -0.15) is 0 Å². The van der Waals surface area contributed by atoms with E-state index in [0.29, 0.717) is 6.61 Å². The minimum Gasteiger partial charge on any atom is -0.396 e. The van der Waals surface area contributed by atoms with Crippen LogP contribution in [-0.2, 0) is 0 Å². The third kappa shape index (κ3) is 22.7. The largest absolute Gasteiger partial charge is 0.396 e. The summed E-state index contributed by atoms with van der Waals surface area (Å²) in [6, 6.07) is 0. The van der Waals surface area contributed by atoms with E-state index in [0.717, 1.165) is 6.42 Å². The van der Waals surface area contributed by atoms with Gasteiger partial charge in [0.05, 0.1) is 0 Å². The van der Waals surface area contributed by atoms with Crippen LogP contribution in [0.25, 0.3) is 0 Å². The predicted molar refractivity (Wildman–Crippen MR) is 112 cm³/mol. The molecule has 0 aliphatic rings. The second-order valence-electron chi connectivity index (χ2n) is 6.67. The van der Waals surface area contributed by atoms with Gasteiger partial charge in [0.2, 0.25) is 0 Å². The first-order chi connectivity index (χ1) is 11.4. The maximum absolute atomic E-state index is 8.71. The molecule has 0 aliphatic heterocycles. The van der Waals surface area contributed by atoms with Crippen LogP contribution in [0.15, 0.2) is 0 Å². The highest BCUT2D eigenvalue weighted by Crippen LogP contribution is 2.24. The highest BCUT2D eigenvalue weighted by atomic mass is 33.1. The average Bonchev–Trinajstić information content (AvgIpc) is 2.57. The molecule has 0 spiro atoms. The van der Waals surface area contributed by atoms with Crippen molar-refractivity contribution in [3.8, 4) is 0 Å². The number of rotatable bonds is 20. The molecule has 0 aromatic heterocycles. The van der Waals surface area contributed by atoms with Gasteiger partial charge in [-0.05, 0) is 19.3 Å². The van der Waals surface area contributed by atoms with E-state index in [9.17, 15) is 0 Å². The summed E-state index contributed by atoms with van der Waals surface area (Å²) in [6.45, 7) is 2.66. The molecule has 0 bridgehead atoms. The van der Waals surface area contributed by atoms with Gasteiger partial charge in [-0.3, -0.25) is 0 Å². The Kier molecular flexibility index (Phi) is 23.3. The summed E-state index contributed by atoms with van der Waals surface area (Å²) < 4.78 is 0. The summed E-state index contributed by atoms with van der Waals surface area (Å²) in [4.78, 5) is 0. The van der Waals surface area contributed by atoms with Crippen molar-refractivity contribution in [2.24, 2.45) is 0 Å². The quantitative estimate of drug-likeness (QED) is 0.178. The van der Waals surface area contributed by atoms with E-state index in [-0.39, 0.29) is 0 Å². The van der Waals surface area contributed by atoms with Crippen LogP contribution >= 0.6 is 21.6 Å². The Labute approximate surface area is 154 Å². The monoisotopic (exact) mass is 362 g/mol. The van der Waals surface area contributed by atoms with Crippen LogP contribution in [-0.4, -0.2) is 23.2 Å². The van der Waals surface area contributed by atoms with Gasteiger partial charge >= 0.3 is 0 Å². The maximum Gasteiger partial charge on any atom is 0.0431 e. The first-order valence-electron chi connectivity index (χ1n) is 10.3. The van der Waals surface area contributed by atoms with Crippen molar-refractivity contribution < 1.29 is 5.11 Å². The second kappa shape index (κ2) is 22.7. The van der Waals surface area contributed by atoms with Crippen molar-refractivity contribution in [2.45, 2.75) is 110 Å². The zero-order chi connectivity index (χ0) is 16.8. The van der Waals surface area contributed by atoms with Crippen molar-refractivity contribution in [3.05, 3.63) is 0 Å². The van der Waals surface area contributed by atoms with E-state index in [1.54, 1.807) is 0 Å². The summed E-state index contributed by atoms with van der Waals surface area (Å²) >= 11 is 0. The standard InChI is InChI=1S/C20H42OS2/c1-2-3-4-5-10-13-16-19-22-23-20-17-14-11-8-6-7-9-12-15-18-21/h21H,2-20H2,1H3. The Bertz CT molecular complexity index is 180. The second-order valence-corrected chi connectivity index (χ2v) is 9.37. The summed E-state index contributed by atoms with van der Waals surface area (Å²) in [7, 11) is 4.19. The molecule has 0 atom stereocenters. The van der Waals surface area contributed by atoms with Gasteiger partial charge in [0.15, 0.2) is 0 Å². The van der Waals surface area contributed by atoms with E-state index >= 15 is 0 Å². The fourth-order valence-corrected chi connectivity index (χ4v) is 5.04. The molecule has 0 saturated heterocycles. The van der Waals surface area contributed by atoms with Crippen LogP contribution < -0.4 is 0 Å². The third-order valence-corrected chi connectivity index (χ3v) is 6.88. The van der Waals surface area contributed by atoms with Crippen LogP contribution in [0.4, 0.5) is 0 Å². The SMILES string of the molecule is CCCCCCCCCSSCCCCCCCCCCCO. The van der Waals surface area contributed by atoms with Gasteiger partial charge in [-0.15, -0.1) is 0 Å². The highest BCUT2D eigenvalue weighted by Gasteiger charge is 1.95. The van der Waals surface area contributed by atoms with Gasteiger partial charge in [-0.1, -0.05) is 112 Å². The lowest BCUT2D eigenvalue weighted by Crippen LogP contribution is -1.85. The van der Waals surface area contributed by atoms with Crippen LogP contribution in [0.5, 0.6) is 0 Å². The molecule has 0 fully saturated rings. The van der Waals surface area contributed by atoms with Crippen LogP contribution in [0.3, 0.4) is 0 Å². The van der Waals surface area contributed by atoms with Crippen LogP contribution in [0.2, 0.25) is 0 Å². The van der Waals surface area contributed by atoms with Crippen molar-refractivity contribution >= 4 is 21.6 Å². The van der Waals surface area contributed by atoms with Gasteiger partial charge in [0.1, 0.15) is 0 Å². The molecule has 0 rings (SSSR count). The minimum atomic E-state index is 0.370. The first-order valence-corrected chi connectivity index (χ1v) is 12.8. The Morgan fingerprint density at radius 3 is 1.22 bits per heavy atom. The summed E-state index contributed by atoms with van der Waals surface area (Å²) in [5, 5.41) is 8.71. The molecule has 0 saturated carbocycles. The fraction of sp³-hybridized carbons (Fsp3) is 1.00. The van der Waals surface area contributed by atoms with E-state index in [2.05, 4.69) is 28.5 Å². The van der Waals surface area contributed by atoms with Gasteiger partial charge in [0, 0.05) is 18.1 Å². The number of aliphatic hydroxyl groups excluding tert-OH is 1. The Morgan fingerprint density at radius 1 is 0.478 bits per heavy atom. The molecule has 0 aliphatic carbocycles. The Balaban J connectivity index is 2.92. The molecule has 0 aromatic rings. The van der Waals surface area contributed by atoms with Crippen LogP contribution in [0, 0.1) is 0 Å². The van der Waals surface area contributed by atoms with E-state index in [1.807, 2.05) is 0 Å². The van der Waals surface area contributed by atoms with Gasteiger partial charge in [0.25, 0.3) is 0 Å². The molecular formula is C20H42OS2. The lowest BCUT2D eigenvalue weighted by Gasteiger charge is -2.03. The molecule has 0 aromatic carbocycles. The molecular weight excluding hydrogens is 320 g/mol. The number of unbranched alkanes of at least 4 members (excludes halogenated alkanes) is 14. The summed E-state index contributed by atoms with van der Waals surface area (Å²) in [6.07, 6.45) is 21.9. The number of hydrogen-bond donors (Lipinski definition) is 1.